The molecule has 9 heteroatoms. The van der Waals surface area contributed by atoms with Gasteiger partial charge in [-0.3, -0.25) is 15.2 Å². The summed E-state index contributed by atoms with van der Waals surface area (Å²) in [6.07, 6.45) is 3.76. The van der Waals surface area contributed by atoms with E-state index in [1.807, 2.05) is 43.5 Å². The lowest BCUT2D eigenvalue weighted by Crippen LogP contribution is -2.41. The van der Waals surface area contributed by atoms with Crippen LogP contribution in [0.5, 0.6) is 0 Å². The molecule has 0 aliphatic carbocycles. The molecule has 2 rings (SSSR count). The van der Waals surface area contributed by atoms with E-state index in [1.54, 1.807) is 11.3 Å². The van der Waals surface area contributed by atoms with Crippen LogP contribution in [0, 0.1) is 5.92 Å². The van der Waals surface area contributed by atoms with Crippen LogP contribution in [-0.2, 0) is 4.79 Å². The molecule has 2 aromatic heterocycles. The van der Waals surface area contributed by atoms with Crippen LogP contribution >= 0.6 is 23.1 Å². The van der Waals surface area contributed by atoms with Crippen LogP contribution < -0.4 is 10.6 Å². The first-order valence-corrected chi connectivity index (χ1v) is 9.24. The average molecular weight is 365 g/mol. The van der Waals surface area contributed by atoms with Crippen molar-refractivity contribution in [3.63, 3.8) is 0 Å². The second kappa shape index (κ2) is 9.24. The van der Waals surface area contributed by atoms with Crippen molar-refractivity contribution in [2.75, 3.05) is 12.3 Å². The van der Waals surface area contributed by atoms with Crippen molar-refractivity contribution in [3.05, 3.63) is 28.2 Å². The Morgan fingerprint density at radius 2 is 2.25 bits per heavy atom. The number of hydrogen-bond acceptors (Lipinski definition) is 6. The number of thiophene rings is 1. The Morgan fingerprint density at radius 1 is 1.42 bits per heavy atom. The van der Waals surface area contributed by atoms with Gasteiger partial charge >= 0.3 is 6.03 Å². The van der Waals surface area contributed by atoms with E-state index in [0.717, 1.165) is 16.6 Å². The number of thioether (sulfide) groups is 1. The molecule has 2 aromatic rings. The third kappa shape index (κ3) is 6.55. The summed E-state index contributed by atoms with van der Waals surface area (Å²) in [5, 5.41) is 14.2. The normalized spacial score (nSPS) is 11.1. The van der Waals surface area contributed by atoms with Gasteiger partial charge in [0.1, 0.15) is 5.82 Å². The largest absolute Gasteiger partial charge is 0.338 e. The fourth-order valence-electron chi connectivity index (χ4n) is 1.58. The van der Waals surface area contributed by atoms with Gasteiger partial charge in [0.15, 0.2) is 0 Å². The number of hydrogen-bond donors (Lipinski definition) is 3. The third-order valence-corrected chi connectivity index (χ3v) is 4.37. The quantitative estimate of drug-likeness (QED) is 0.655. The number of carbonyl (C=O) groups excluding carboxylic acids is 2. The van der Waals surface area contributed by atoms with Gasteiger partial charge in [-0.1, -0.05) is 31.7 Å². The molecule has 0 aromatic carbocycles. The van der Waals surface area contributed by atoms with E-state index in [4.69, 9.17) is 0 Å². The summed E-state index contributed by atoms with van der Waals surface area (Å²) < 4.78 is 0. The first-order chi connectivity index (χ1) is 11.5. The highest BCUT2D eigenvalue weighted by molar-refractivity contribution is 7.99. The molecule has 0 saturated carbocycles. The van der Waals surface area contributed by atoms with E-state index < -0.39 is 6.03 Å². The lowest BCUT2D eigenvalue weighted by atomic mass is 10.2. The number of urea groups is 1. The molecule has 0 saturated heterocycles. The van der Waals surface area contributed by atoms with Crippen molar-refractivity contribution in [3.8, 4) is 0 Å². The SMILES string of the molecule is CC(C)CNC(=O)NC(=O)CSc1n[nH]c(C=Cc2cccs2)n1. The minimum Gasteiger partial charge on any atom is -0.338 e. The van der Waals surface area contributed by atoms with E-state index in [-0.39, 0.29) is 11.7 Å². The topological polar surface area (TPSA) is 99.8 Å². The third-order valence-electron chi connectivity index (χ3n) is 2.69. The highest BCUT2D eigenvalue weighted by atomic mass is 32.2. The zero-order valence-electron chi connectivity index (χ0n) is 13.4. The van der Waals surface area contributed by atoms with Crippen LogP contribution in [0.3, 0.4) is 0 Å². The number of H-pyrrole nitrogens is 1. The van der Waals surface area contributed by atoms with Gasteiger partial charge in [-0.15, -0.1) is 16.4 Å². The predicted octanol–water partition coefficient (Wildman–Crippen LogP) is 2.61. The second-order valence-corrected chi connectivity index (χ2v) is 7.21. The highest BCUT2D eigenvalue weighted by Crippen LogP contribution is 2.14. The van der Waals surface area contributed by atoms with Crippen LogP contribution in [0.15, 0.2) is 22.7 Å². The Bertz CT molecular complexity index is 695. The molecular weight excluding hydrogens is 346 g/mol. The summed E-state index contributed by atoms with van der Waals surface area (Å²) in [7, 11) is 0. The maximum Gasteiger partial charge on any atom is 0.321 e. The van der Waals surface area contributed by atoms with Gasteiger partial charge in [0.05, 0.1) is 5.75 Å². The second-order valence-electron chi connectivity index (χ2n) is 5.29. The van der Waals surface area contributed by atoms with Crippen LogP contribution in [-0.4, -0.2) is 39.4 Å². The molecule has 0 bridgehead atoms. The summed E-state index contributed by atoms with van der Waals surface area (Å²) in [4.78, 5) is 28.5. The molecule has 0 radical (unpaired) electrons. The number of aromatic amines is 1. The van der Waals surface area contributed by atoms with Crippen molar-refractivity contribution in [2.45, 2.75) is 19.0 Å². The predicted molar refractivity (Wildman–Crippen MR) is 96.7 cm³/mol. The Kier molecular flexibility index (Phi) is 7.01. The van der Waals surface area contributed by atoms with Gasteiger partial charge in [0.25, 0.3) is 0 Å². The first kappa shape index (κ1) is 18.2. The van der Waals surface area contributed by atoms with E-state index in [1.165, 1.54) is 0 Å². The molecule has 0 atom stereocenters. The molecule has 0 fully saturated rings. The Balaban J connectivity index is 1.74. The van der Waals surface area contributed by atoms with Crippen LogP contribution in [0.4, 0.5) is 4.79 Å². The average Bonchev–Trinajstić information content (AvgIpc) is 3.20. The van der Waals surface area contributed by atoms with E-state index in [2.05, 4.69) is 25.8 Å². The first-order valence-electron chi connectivity index (χ1n) is 7.37. The molecule has 0 aliphatic rings. The van der Waals surface area contributed by atoms with Gasteiger partial charge in [-0.25, -0.2) is 9.78 Å². The van der Waals surface area contributed by atoms with E-state index >= 15 is 0 Å². The summed E-state index contributed by atoms with van der Waals surface area (Å²) in [5.41, 5.74) is 0. The summed E-state index contributed by atoms with van der Waals surface area (Å²) in [6.45, 7) is 4.48. The zero-order chi connectivity index (χ0) is 17.4. The molecule has 0 aliphatic heterocycles. The van der Waals surface area contributed by atoms with Crippen molar-refractivity contribution in [1.82, 2.24) is 25.8 Å². The van der Waals surface area contributed by atoms with Crippen LogP contribution in [0.25, 0.3) is 12.2 Å². The number of imide groups is 1. The molecule has 7 nitrogen and oxygen atoms in total. The highest BCUT2D eigenvalue weighted by Gasteiger charge is 2.10. The number of carbonyl (C=O) groups is 2. The Morgan fingerprint density at radius 3 is 2.96 bits per heavy atom. The van der Waals surface area contributed by atoms with Crippen molar-refractivity contribution in [1.29, 1.82) is 0 Å². The number of rotatable bonds is 7. The fraction of sp³-hybridized carbons (Fsp3) is 0.333. The molecule has 0 unspecified atom stereocenters. The van der Waals surface area contributed by atoms with E-state index in [9.17, 15) is 9.59 Å². The van der Waals surface area contributed by atoms with E-state index in [0.29, 0.717) is 23.4 Å². The van der Waals surface area contributed by atoms with Crippen molar-refractivity contribution in [2.24, 2.45) is 5.92 Å². The van der Waals surface area contributed by atoms with Gasteiger partial charge in [-0.05, 0) is 29.5 Å². The Labute approximate surface area is 148 Å². The summed E-state index contributed by atoms with van der Waals surface area (Å²) in [6, 6.07) is 3.49. The van der Waals surface area contributed by atoms with Gasteiger partial charge in [-0.2, -0.15) is 0 Å². The van der Waals surface area contributed by atoms with Crippen molar-refractivity contribution >= 4 is 47.2 Å². The molecule has 0 spiro atoms. The molecule has 3 N–H and O–H groups in total. The Hall–Kier alpha value is -2.13. The number of aromatic nitrogens is 3. The number of nitrogens with zero attached hydrogens (tertiary/aromatic N) is 2. The monoisotopic (exact) mass is 365 g/mol. The molecule has 24 heavy (non-hydrogen) atoms. The minimum absolute atomic E-state index is 0.0705. The molecule has 3 amide bonds. The fourth-order valence-corrected chi connectivity index (χ4v) is 2.80. The molecule has 128 valence electrons. The standard InChI is InChI=1S/C15H19N5O2S2/c1-10(2)8-16-14(22)18-13(21)9-24-15-17-12(19-20-15)6-5-11-4-3-7-23-11/h3-7,10H,8-9H2,1-2H3,(H,17,19,20)(H2,16,18,21,22). The van der Waals surface area contributed by atoms with Crippen LogP contribution in [0.2, 0.25) is 0 Å². The summed E-state index contributed by atoms with van der Waals surface area (Å²) >= 11 is 2.79. The summed E-state index contributed by atoms with van der Waals surface area (Å²) in [5.74, 6) is 0.623. The van der Waals surface area contributed by atoms with Gasteiger partial charge in [0.2, 0.25) is 11.1 Å². The maximum absolute atomic E-state index is 11.7. The zero-order valence-corrected chi connectivity index (χ0v) is 15.0. The van der Waals surface area contributed by atoms with Crippen molar-refractivity contribution < 1.29 is 9.59 Å². The number of amides is 3. The van der Waals surface area contributed by atoms with Crippen LogP contribution in [0.1, 0.15) is 24.5 Å². The minimum atomic E-state index is -0.483. The smallest absolute Gasteiger partial charge is 0.321 e. The van der Waals surface area contributed by atoms with Gasteiger partial charge in [0, 0.05) is 11.4 Å². The molecule has 2 heterocycles. The lowest BCUT2D eigenvalue weighted by Gasteiger charge is -2.07. The number of nitrogens with one attached hydrogen (secondary N) is 3. The lowest BCUT2D eigenvalue weighted by molar-refractivity contribution is -0.117. The molecular formula is C15H19N5O2S2. The van der Waals surface area contributed by atoms with Gasteiger partial charge < -0.3 is 5.32 Å². The maximum atomic E-state index is 11.7.